The van der Waals surface area contributed by atoms with Crippen molar-refractivity contribution >= 4 is 5.78 Å². The van der Waals surface area contributed by atoms with Gasteiger partial charge in [-0.3, -0.25) is 4.79 Å². The summed E-state index contributed by atoms with van der Waals surface area (Å²) in [4.78, 5) is 11.9. The Hall–Kier alpha value is -0.840. The number of ketones is 1. The molecule has 0 saturated carbocycles. The van der Waals surface area contributed by atoms with Crippen LogP contribution < -0.4 is 5.32 Å². The molecule has 0 aliphatic carbocycles. The summed E-state index contributed by atoms with van der Waals surface area (Å²) in [6, 6.07) is 0.759. The third kappa shape index (κ3) is 3.34. The average Bonchev–Trinajstić information content (AvgIpc) is 2.34. The van der Waals surface area contributed by atoms with Crippen molar-refractivity contribution in [3.8, 4) is 0 Å². The zero-order chi connectivity index (χ0) is 13.1. The number of hydrogen-bond donors (Lipinski definition) is 1. The lowest BCUT2D eigenvalue weighted by molar-refractivity contribution is -0.124. The van der Waals surface area contributed by atoms with E-state index in [1.807, 2.05) is 0 Å². The van der Waals surface area contributed by atoms with Crippen LogP contribution in [0.4, 0.5) is 13.2 Å². The molecule has 1 N–H and O–H groups in total. The molecule has 2 fully saturated rings. The topological polar surface area (TPSA) is 29.1 Å². The average molecular weight is 261 g/mol. The molecule has 0 aromatic rings. The normalized spacial score (nSPS) is 30.9. The molecule has 5 heteroatoms. The fraction of sp³-hybridized carbons (Fsp3) is 0.769. The minimum absolute atomic E-state index is 0.0650. The Labute approximate surface area is 105 Å². The Balaban J connectivity index is 1.84. The van der Waals surface area contributed by atoms with Crippen molar-refractivity contribution in [1.29, 1.82) is 0 Å². The van der Waals surface area contributed by atoms with E-state index in [0.29, 0.717) is 12.1 Å². The Morgan fingerprint density at radius 3 is 2.22 bits per heavy atom. The maximum Gasteiger partial charge on any atom is 0.301 e. The van der Waals surface area contributed by atoms with Crippen molar-refractivity contribution in [3.63, 3.8) is 0 Å². The highest BCUT2D eigenvalue weighted by Gasteiger charge is 2.34. The van der Waals surface area contributed by atoms with Crippen LogP contribution in [0.3, 0.4) is 0 Å². The number of piperidine rings is 2. The molecule has 2 aliphatic rings. The fourth-order valence-electron chi connectivity index (χ4n) is 3.06. The first-order chi connectivity index (χ1) is 8.56. The van der Waals surface area contributed by atoms with E-state index >= 15 is 0 Å². The Bertz CT molecular complexity index is 340. The second-order valence-electron chi connectivity index (χ2n) is 5.29. The molecule has 2 unspecified atom stereocenters. The van der Waals surface area contributed by atoms with E-state index in [1.54, 1.807) is 0 Å². The molecule has 0 amide bonds. The lowest BCUT2D eigenvalue weighted by atomic mass is 9.78. The number of hydrogen-bond acceptors (Lipinski definition) is 2. The van der Waals surface area contributed by atoms with E-state index in [0.717, 1.165) is 25.7 Å². The number of rotatable bonds is 4. The summed E-state index contributed by atoms with van der Waals surface area (Å²) in [7, 11) is 0. The largest absolute Gasteiger partial charge is 0.311 e. The monoisotopic (exact) mass is 261 g/mol. The zero-order valence-corrected chi connectivity index (χ0v) is 10.2. The van der Waals surface area contributed by atoms with Crippen molar-refractivity contribution in [2.75, 3.05) is 0 Å². The van der Waals surface area contributed by atoms with Gasteiger partial charge in [-0.1, -0.05) is 6.42 Å². The van der Waals surface area contributed by atoms with Crippen molar-refractivity contribution in [2.45, 2.75) is 57.0 Å². The molecule has 2 heterocycles. The first kappa shape index (κ1) is 13.6. The second kappa shape index (κ2) is 5.87. The fourth-order valence-corrected chi connectivity index (χ4v) is 3.06. The van der Waals surface area contributed by atoms with Gasteiger partial charge < -0.3 is 5.32 Å². The van der Waals surface area contributed by atoms with Crippen molar-refractivity contribution in [1.82, 2.24) is 5.32 Å². The first-order valence-corrected chi connectivity index (χ1v) is 6.54. The first-order valence-electron chi connectivity index (χ1n) is 6.54. The third-order valence-corrected chi connectivity index (χ3v) is 3.97. The lowest BCUT2D eigenvalue weighted by Gasteiger charge is -2.39. The predicted octanol–water partition coefficient (Wildman–Crippen LogP) is 3.33. The van der Waals surface area contributed by atoms with E-state index in [2.05, 4.69) is 5.32 Å². The molecule has 2 aliphatic heterocycles. The number of carbonyl (C=O) groups is 1. The van der Waals surface area contributed by atoms with Gasteiger partial charge in [0.15, 0.2) is 5.83 Å². The lowest BCUT2D eigenvalue weighted by Crippen LogP contribution is -2.50. The van der Waals surface area contributed by atoms with Gasteiger partial charge in [0.2, 0.25) is 0 Å². The van der Waals surface area contributed by atoms with E-state index in [1.165, 1.54) is 6.42 Å². The molecule has 2 bridgehead atoms. The van der Waals surface area contributed by atoms with E-state index in [9.17, 15) is 18.0 Å². The second-order valence-corrected chi connectivity index (χ2v) is 5.29. The summed E-state index contributed by atoms with van der Waals surface area (Å²) in [6.45, 7) is 0. The van der Waals surface area contributed by atoms with Gasteiger partial charge in [-0.25, -0.2) is 4.39 Å². The number of fused-ring (bicyclic) bond motifs is 2. The highest BCUT2D eigenvalue weighted by Crippen LogP contribution is 2.31. The molecule has 0 radical (unpaired) electrons. The number of Topliss-reactive ketones (excluding diaryl/α,β-unsaturated/α-hetero) is 1. The molecule has 2 saturated heterocycles. The third-order valence-electron chi connectivity index (χ3n) is 3.97. The molecule has 102 valence electrons. The van der Waals surface area contributed by atoms with Crippen LogP contribution in [0.15, 0.2) is 11.9 Å². The van der Waals surface area contributed by atoms with Gasteiger partial charge in [0.1, 0.15) is 5.78 Å². The number of allylic oxidation sites excluding steroid dienone is 1. The maximum atomic E-state index is 12.6. The summed E-state index contributed by atoms with van der Waals surface area (Å²) in [5.74, 6) is -1.58. The molecule has 2 rings (SSSR count). The summed E-state index contributed by atoms with van der Waals surface area (Å²) in [6.07, 6.45) is 2.03. The number of nitrogens with one attached hydrogen (secondary N) is 1. The van der Waals surface area contributed by atoms with Crippen molar-refractivity contribution < 1.29 is 18.0 Å². The van der Waals surface area contributed by atoms with Crippen LogP contribution in [0.1, 0.15) is 44.9 Å². The Kier molecular flexibility index (Phi) is 4.43. The molecule has 0 aromatic carbocycles. The van der Waals surface area contributed by atoms with Gasteiger partial charge in [0.05, 0.1) is 0 Å². The molecule has 2 nitrogen and oxygen atoms in total. The summed E-state index contributed by atoms with van der Waals surface area (Å²) >= 11 is 0. The smallest absolute Gasteiger partial charge is 0.301 e. The van der Waals surface area contributed by atoms with Gasteiger partial charge in [-0.15, -0.1) is 0 Å². The Morgan fingerprint density at radius 2 is 1.67 bits per heavy atom. The SMILES string of the molecule is O=C(CCC(F)=C(F)F)C1CC2CCCC(C1)N2. The Morgan fingerprint density at radius 1 is 1.06 bits per heavy atom. The molecular formula is C13H18F3NO. The van der Waals surface area contributed by atoms with Gasteiger partial charge in [-0.2, -0.15) is 8.78 Å². The van der Waals surface area contributed by atoms with Crippen LogP contribution in [0.2, 0.25) is 0 Å². The van der Waals surface area contributed by atoms with E-state index in [-0.39, 0.29) is 18.1 Å². The van der Waals surface area contributed by atoms with E-state index in [4.69, 9.17) is 0 Å². The highest BCUT2D eigenvalue weighted by atomic mass is 19.3. The van der Waals surface area contributed by atoms with E-state index < -0.39 is 18.3 Å². The van der Waals surface area contributed by atoms with Crippen LogP contribution in [-0.4, -0.2) is 17.9 Å². The molecular weight excluding hydrogens is 243 g/mol. The van der Waals surface area contributed by atoms with Crippen LogP contribution >= 0.6 is 0 Å². The molecule has 18 heavy (non-hydrogen) atoms. The van der Waals surface area contributed by atoms with Gasteiger partial charge in [-0.05, 0) is 25.7 Å². The van der Waals surface area contributed by atoms with Crippen LogP contribution in [0.25, 0.3) is 0 Å². The molecule has 2 atom stereocenters. The van der Waals surface area contributed by atoms with Gasteiger partial charge in [0, 0.05) is 30.8 Å². The summed E-state index contributed by atoms with van der Waals surface area (Å²) in [5, 5.41) is 3.47. The molecule has 0 spiro atoms. The predicted molar refractivity (Wildman–Crippen MR) is 61.9 cm³/mol. The van der Waals surface area contributed by atoms with Crippen molar-refractivity contribution in [3.05, 3.63) is 11.9 Å². The van der Waals surface area contributed by atoms with Crippen LogP contribution in [0, 0.1) is 5.92 Å². The minimum Gasteiger partial charge on any atom is -0.311 e. The summed E-state index contributed by atoms with van der Waals surface area (Å²) in [5.41, 5.74) is 0. The van der Waals surface area contributed by atoms with Crippen LogP contribution in [0.5, 0.6) is 0 Å². The standard InChI is InChI=1S/C13H18F3NO/c14-11(13(15)16)4-5-12(18)8-6-9-2-1-3-10(7-8)17-9/h8-10,17H,1-7H2. The zero-order valence-electron chi connectivity index (χ0n) is 10.2. The van der Waals surface area contributed by atoms with Gasteiger partial charge in [0.25, 0.3) is 0 Å². The minimum atomic E-state index is -2.30. The maximum absolute atomic E-state index is 12.6. The molecule has 0 aromatic heterocycles. The number of carbonyl (C=O) groups excluding carboxylic acids is 1. The van der Waals surface area contributed by atoms with Crippen LogP contribution in [-0.2, 0) is 4.79 Å². The quantitative estimate of drug-likeness (QED) is 0.841. The highest BCUT2D eigenvalue weighted by molar-refractivity contribution is 5.81. The number of halogens is 3. The van der Waals surface area contributed by atoms with Gasteiger partial charge >= 0.3 is 6.08 Å². The van der Waals surface area contributed by atoms with Crippen molar-refractivity contribution in [2.24, 2.45) is 5.92 Å². The summed E-state index contributed by atoms with van der Waals surface area (Å²) < 4.78 is 36.4.